The van der Waals surface area contributed by atoms with E-state index in [1.807, 2.05) is 0 Å². The Morgan fingerprint density at radius 2 is 2.05 bits per heavy atom. The summed E-state index contributed by atoms with van der Waals surface area (Å²) in [5, 5.41) is 7.23. The van der Waals surface area contributed by atoms with Crippen LogP contribution >= 0.6 is 11.3 Å². The molecule has 2 heterocycles. The average molecular weight is 297 g/mol. The number of methoxy groups -OCH3 is 1. The summed E-state index contributed by atoms with van der Waals surface area (Å²) in [4.78, 5) is 23.9. The van der Waals surface area contributed by atoms with Crippen LogP contribution in [0.3, 0.4) is 0 Å². The van der Waals surface area contributed by atoms with E-state index in [9.17, 15) is 9.59 Å². The van der Waals surface area contributed by atoms with E-state index in [1.54, 1.807) is 0 Å². The number of anilines is 2. The van der Waals surface area contributed by atoms with Crippen LogP contribution < -0.4 is 16.4 Å². The molecule has 0 atom stereocenters. The van der Waals surface area contributed by atoms with Crippen LogP contribution in [0.1, 0.15) is 39.8 Å². The van der Waals surface area contributed by atoms with Crippen molar-refractivity contribution in [3.63, 3.8) is 0 Å². The van der Waals surface area contributed by atoms with Gasteiger partial charge in [0.15, 0.2) is 5.78 Å². The first kappa shape index (κ1) is 14.8. The van der Waals surface area contributed by atoms with Crippen LogP contribution in [-0.2, 0) is 4.74 Å². The van der Waals surface area contributed by atoms with Crippen LogP contribution in [0, 0.1) is 0 Å². The zero-order valence-electron chi connectivity index (χ0n) is 11.6. The number of ether oxygens (including phenoxy) is 1. The molecular formula is C13H19N3O3S. The Kier molecular flexibility index (Phi) is 4.61. The highest BCUT2D eigenvalue weighted by molar-refractivity contribution is 7.19. The van der Waals surface area contributed by atoms with Crippen LogP contribution in [0.25, 0.3) is 0 Å². The molecule has 1 aliphatic rings. The van der Waals surface area contributed by atoms with Gasteiger partial charge in [-0.1, -0.05) is 0 Å². The maximum atomic E-state index is 11.9. The fourth-order valence-corrected chi connectivity index (χ4v) is 3.34. The number of rotatable bonds is 4. The van der Waals surface area contributed by atoms with Gasteiger partial charge in [0.05, 0.1) is 17.7 Å². The predicted octanol–water partition coefficient (Wildman–Crippen LogP) is 1.48. The fourth-order valence-electron chi connectivity index (χ4n) is 2.26. The van der Waals surface area contributed by atoms with Gasteiger partial charge in [0.25, 0.3) is 0 Å². The average Bonchev–Trinajstić information content (AvgIpc) is 2.76. The number of piperidine rings is 1. The van der Waals surface area contributed by atoms with Crippen molar-refractivity contribution in [2.45, 2.75) is 25.8 Å². The number of ketones is 1. The smallest absolute Gasteiger partial charge is 0.343 e. The van der Waals surface area contributed by atoms with Gasteiger partial charge < -0.3 is 21.1 Å². The van der Waals surface area contributed by atoms with E-state index >= 15 is 0 Å². The largest absolute Gasteiger partial charge is 0.465 e. The number of hydrogen-bond acceptors (Lipinski definition) is 7. The fraction of sp³-hybridized carbons (Fsp3) is 0.538. The highest BCUT2D eigenvalue weighted by Crippen LogP contribution is 2.37. The highest BCUT2D eigenvalue weighted by atomic mass is 32.1. The first-order valence-corrected chi connectivity index (χ1v) is 7.35. The maximum absolute atomic E-state index is 11.9. The molecule has 0 aromatic carbocycles. The minimum atomic E-state index is -0.511. The lowest BCUT2D eigenvalue weighted by molar-refractivity contribution is 0.0603. The number of carbonyl (C=O) groups excluding carboxylic acids is 2. The van der Waals surface area contributed by atoms with Crippen LogP contribution in [0.5, 0.6) is 0 Å². The molecular weight excluding hydrogens is 278 g/mol. The predicted molar refractivity (Wildman–Crippen MR) is 79.6 cm³/mol. The molecule has 0 unspecified atom stereocenters. The van der Waals surface area contributed by atoms with Crippen LogP contribution in [0.4, 0.5) is 10.7 Å². The molecule has 7 heteroatoms. The van der Waals surface area contributed by atoms with Crippen molar-refractivity contribution in [1.82, 2.24) is 5.32 Å². The minimum Gasteiger partial charge on any atom is -0.465 e. The Morgan fingerprint density at radius 3 is 2.60 bits per heavy atom. The molecule has 0 radical (unpaired) electrons. The molecule has 6 nitrogen and oxygen atoms in total. The SMILES string of the molecule is COC(=O)c1c(NC2CCNCC2)sc(C(C)=O)c1N. The summed E-state index contributed by atoms with van der Waals surface area (Å²) in [7, 11) is 1.31. The Morgan fingerprint density at radius 1 is 1.40 bits per heavy atom. The molecule has 1 fully saturated rings. The van der Waals surface area contributed by atoms with Gasteiger partial charge in [0.1, 0.15) is 10.6 Å². The van der Waals surface area contributed by atoms with E-state index < -0.39 is 5.97 Å². The summed E-state index contributed by atoms with van der Waals surface area (Å²) in [6.07, 6.45) is 1.93. The molecule has 1 aliphatic heterocycles. The number of nitrogens with two attached hydrogens (primary N) is 1. The molecule has 110 valence electrons. The zero-order chi connectivity index (χ0) is 14.7. The molecule has 0 aliphatic carbocycles. The van der Waals surface area contributed by atoms with Crippen LogP contribution in [-0.4, -0.2) is 38.0 Å². The van der Waals surface area contributed by atoms with E-state index in [2.05, 4.69) is 10.6 Å². The van der Waals surface area contributed by atoms with Crippen LogP contribution in [0.15, 0.2) is 0 Å². The van der Waals surface area contributed by atoms with Crippen molar-refractivity contribution in [1.29, 1.82) is 0 Å². The van der Waals surface area contributed by atoms with Crippen LogP contribution in [0.2, 0.25) is 0 Å². The second-order valence-corrected chi connectivity index (χ2v) is 5.79. The third kappa shape index (κ3) is 2.94. The Bertz CT molecular complexity index is 521. The van der Waals surface area contributed by atoms with Gasteiger partial charge in [-0.2, -0.15) is 0 Å². The summed E-state index contributed by atoms with van der Waals surface area (Å²) in [5.74, 6) is -0.654. The molecule has 0 spiro atoms. The quantitative estimate of drug-likeness (QED) is 0.576. The Labute approximate surface area is 121 Å². The number of Topliss-reactive ketones (excluding diaryl/α,β-unsaturated/α-hetero) is 1. The van der Waals surface area contributed by atoms with Gasteiger partial charge in [0, 0.05) is 13.0 Å². The van der Waals surface area contributed by atoms with E-state index in [4.69, 9.17) is 10.5 Å². The number of nitrogens with one attached hydrogen (secondary N) is 2. The number of nitrogen functional groups attached to an aromatic ring is 1. The molecule has 0 amide bonds. The monoisotopic (exact) mass is 297 g/mol. The first-order chi connectivity index (χ1) is 9.54. The van der Waals surface area contributed by atoms with E-state index in [1.165, 1.54) is 25.4 Å². The minimum absolute atomic E-state index is 0.143. The van der Waals surface area contributed by atoms with Crippen molar-refractivity contribution < 1.29 is 14.3 Å². The third-order valence-electron chi connectivity index (χ3n) is 3.33. The molecule has 0 saturated carbocycles. The Balaban J connectivity index is 2.32. The second kappa shape index (κ2) is 6.23. The lowest BCUT2D eigenvalue weighted by atomic mass is 10.1. The van der Waals surface area contributed by atoms with Gasteiger partial charge in [-0.05, 0) is 25.9 Å². The normalized spacial score (nSPS) is 15.9. The standard InChI is InChI=1S/C13H19N3O3S/c1-7(17)11-10(14)9(13(18)19-2)12(20-11)16-8-3-5-15-6-4-8/h8,15-16H,3-6,14H2,1-2H3. The van der Waals surface area contributed by atoms with Gasteiger partial charge in [-0.15, -0.1) is 11.3 Å². The molecule has 4 N–H and O–H groups in total. The van der Waals surface area contributed by atoms with Gasteiger partial charge in [-0.3, -0.25) is 4.79 Å². The van der Waals surface area contributed by atoms with Gasteiger partial charge >= 0.3 is 5.97 Å². The summed E-state index contributed by atoms with van der Waals surface area (Å²) in [6, 6.07) is 0.275. The van der Waals surface area contributed by atoms with Gasteiger partial charge in [0.2, 0.25) is 0 Å². The highest BCUT2D eigenvalue weighted by Gasteiger charge is 2.26. The molecule has 1 aromatic heterocycles. The van der Waals surface area contributed by atoms with E-state index in [0.717, 1.165) is 25.9 Å². The molecule has 1 saturated heterocycles. The summed E-state index contributed by atoms with van der Waals surface area (Å²) in [6.45, 7) is 3.31. The lowest BCUT2D eigenvalue weighted by Gasteiger charge is -2.24. The molecule has 0 bridgehead atoms. The molecule has 1 aromatic rings. The lowest BCUT2D eigenvalue weighted by Crippen LogP contribution is -2.35. The van der Waals surface area contributed by atoms with E-state index in [0.29, 0.717) is 9.88 Å². The second-order valence-electron chi connectivity index (χ2n) is 4.77. The topological polar surface area (TPSA) is 93.5 Å². The van der Waals surface area contributed by atoms with Gasteiger partial charge in [-0.25, -0.2) is 4.79 Å². The zero-order valence-corrected chi connectivity index (χ0v) is 12.4. The number of thiophene rings is 1. The maximum Gasteiger partial charge on any atom is 0.343 e. The summed E-state index contributed by atoms with van der Waals surface area (Å²) < 4.78 is 4.76. The molecule has 2 rings (SSSR count). The summed E-state index contributed by atoms with van der Waals surface area (Å²) >= 11 is 1.22. The number of esters is 1. The molecule has 20 heavy (non-hydrogen) atoms. The Hall–Kier alpha value is -1.60. The number of carbonyl (C=O) groups is 2. The van der Waals surface area contributed by atoms with Crippen molar-refractivity contribution in [3.05, 3.63) is 10.4 Å². The van der Waals surface area contributed by atoms with Crippen molar-refractivity contribution in [2.75, 3.05) is 31.2 Å². The van der Waals surface area contributed by atoms with Crippen molar-refractivity contribution >= 4 is 33.8 Å². The van der Waals surface area contributed by atoms with Crippen molar-refractivity contribution in [2.24, 2.45) is 0 Å². The third-order valence-corrected chi connectivity index (χ3v) is 4.57. The van der Waals surface area contributed by atoms with E-state index in [-0.39, 0.29) is 23.1 Å². The first-order valence-electron chi connectivity index (χ1n) is 6.53. The summed E-state index contributed by atoms with van der Waals surface area (Å²) in [5.41, 5.74) is 6.42. The number of hydrogen-bond donors (Lipinski definition) is 3. The van der Waals surface area contributed by atoms with Crippen molar-refractivity contribution in [3.8, 4) is 0 Å².